The molecule has 1 amide bonds. The summed E-state index contributed by atoms with van der Waals surface area (Å²) in [6, 6.07) is 6.41. The second-order valence-corrected chi connectivity index (χ2v) is 7.34. The molecule has 1 aliphatic rings. The smallest absolute Gasteiger partial charge is 0.433 e. The van der Waals surface area contributed by atoms with Gasteiger partial charge in [0.05, 0.1) is 0 Å². The Morgan fingerprint density at radius 2 is 1.45 bits per heavy atom. The number of halogens is 6. The molecular weight excluding hydrogens is 428 g/mol. The average Bonchev–Trinajstić information content (AvgIpc) is 2.68. The molecule has 1 saturated carbocycles. The van der Waals surface area contributed by atoms with E-state index in [-0.39, 0.29) is 35.0 Å². The predicted molar refractivity (Wildman–Crippen MR) is 99.5 cm³/mol. The van der Waals surface area contributed by atoms with Crippen molar-refractivity contribution in [2.75, 3.05) is 5.32 Å². The number of pyridine rings is 1. The van der Waals surface area contributed by atoms with Crippen LogP contribution in [0.25, 0.3) is 0 Å². The standard InChI is InChI=1S/C20H19F6N3O2/c21-19(22,23)16-9-14(10-17(29-16)20(24,25)26)27-12-4-6-13(7-5-12)28-18(31)11-2-1-3-15(30)8-11/h1-3,8-10,12-13,30H,4-7H2,(H,27,29)(H,28,31). The van der Waals surface area contributed by atoms with Gasteiger partial charge in [0, 0.05) is 23.3 Å². The number of nitrogens with one attached hydrogen (secondary N) is 2. The van der Waals surface area contributed by atoms with Crippen molar-refractivity contribution in [3.8, 4) is 5.75 Å². The Kier molecular flexibility index (Phi) is 6.33. The fraction of sp³-hybridized carbons (Fsp3) is 0.400. The molecule has 3 N–H and O–H groups in total. The van der Waals surface area contributed by atoms with Crippen molar-refractivity contribution in [1.29, 1.82) is 0 Å². The molecule has 3 rings (SSSR count). The van der Waals surface area contributed by atoms with Gasteiger partial charge in [-0.05, 0) is 56.0 Å². The molecule has 0 bridgehead atoms. The van der Waals surface area contributed by atoms with Gasteiger partial charge in [0.1, 0.15) is 17.1 Å². The Morgan fingerprint density at radius 1 is 0.903 bits per heavy atom. The maximum absolute atomic E-state index is 12.9. The summed E-state index contributed by atoms with van der Waals surface area (Å²) in [4.78, 5) is 14.9. The summed E-state index contributed by atoms with van der Waals surface area (Å²) in [6.07, 6.45) is -8.15. The first kappa shape index (κ1) is 22.7. The van der Waals surface area contributed by atoms with E-state index in [1.807, 2.05) is 0 Å². The van der Waals surface area contributed by atoms with Gasteiger partial charge in [-0.25, -0.2) is 4.98 Å². The molecule has 0 unspecified atom stereocenters. The quantitative estimate of drug-likeness (QED) is 0.578. The number of amides is 1. The number of carbonyl (C=O) groups excluding carboxylic acids is 1. The fourth-order valence-corrected chi connectivity index (χ4v) is 3.44. The molecule has 11 heteroatoms. The second-order valence-electron chi connectivity index (χ2n) is 7.34. The van der Waals surface area contributed by atoms with Gasteiger partial charge in [-0.2, -0.15) is 26.3 Å². The third-order valence-electron chi connectivity index (χ3n) is 4.95. The lowest BCUT2D eigenvalue weighted by Gasteiger charge is -2.30. The lowest BCUT2D eigenvalue weighted by molar-refractivity contribution is -0.150. The van der Waals surface area contributed by atoms with Gasteiger partial charge < -0.3 is 15.7 Å². The molecule has 1 aliphatic carbocycles. The third-order valence-corrected chi connectivity index (χ3v) is 4.95. The van der Waals surface area contributed by atoms with E-state index in [0.717, 1.165) is 0 Å². The molecule has 0 saturated heterocycles. The van der Waals surface area contributed by atoms with Crippen LogP contribution in [0.2, 0.25) is 0 Å². The number of hydrogen-bond donors (Lipinski definition) is 3. The van der Waals surface area contributed by atoms with Gasteiger partial charge in [-0.3, -0.25) is 4.79 Å². The van der Waals surface area contributed by atoms with Gasteiger partial charge in [0.2, 0.25) is 0 Å². The van der Waals surface area contributed by atoms with E-state index >= 15 is 0 Å². The molecule has 0 spiro atoms. The highest BCUT2D eigenvalue weighted by Crippen LogP contribution is 2.35. The van der Waals surface area contributed by atoms with Crippen LogP contribution in [0.5, 0.6) is 5.75 Å². The number of phenolic OH excluding ortho intramolecular Hbond substituents is 1. The number of hydrogen-bond acceptors (Lipinski definition) is 4. The summed E-state index contributed by atoms with van der Waals surface area (Å²) in [5.74, 6) is -0.416. The van der Waals surface area contributed by atoms with Gasteiger partial charge in [-0.15, -0.1) is 0 Å². The van der Waals surface area contributed by atoms with Crippen LogP contribution in [0.4, 0.5) is 32.0 Å². The van der Waals surface area contributed by atoms with Gasteiger partial charge in [0.25, 0.3) is 5.91 Å². The van der Waals surface area contributed by atoms with Crippen LogP contribution >= 0.6 is 0 Å². The zero-order valence-electron chi connectivity index (χ0n) is 16.0. The van der Waals surface area contributed by atoms with Crippen molar-refractivity contribution in [2.45, 2.75) is 50.1 Å². The highest BCUT2D eigenvalue weighted by Gasteiger charge is 2.39. The first-order valence-corrected chi connectivity index (χ1v) is 9.45. The van der Waals surface area contributed by atoms with Crippen LogP contribution in [0.15, 0.2) is 36.4 Å². The molecule has 0 atom stereocenters. The molecule has 5 nitrogen and oxygen atoms in total. The lowest BCUT2D eigenvalue weighted by Crippen LogP contribution is -2.40. The zero-order chi connectivity index (χ0) is 22.8. The number of phenols is 1. The molecule has 0 aliphatic heterocycles. The predicted octanol–water partition coefficient (Wildman–Crippen LogP) is 4.98. The molecule has 1 heterocycles. The molecular formula is C20H19F6N3O2. The summed E-state index contributed by atoms with van der Waals surface area (Å²) < 4.78 is 77.6. The van der Waals surface area contributed by atoms with Gasteiger partial charge in [-0.1, -0.05) is 6.07 Å². The van der Waals surface area contributed by atoms with Crippen molar-refractivity contribution in [3.63, 3.8) is 0 Å². The summed E-state index contributed by atoms with van der Waals surface area (Å²) in [6.45, 7) is 0. The minimum absolute atomic E-state index is 0.0469. The van der Waals surface area contributed by atoms with Crippen LogP contribution in [0.1, 0.15) is 47.4 Å². The Bertz CT molecular complexity index is 905. The normalized spacial score (nSPS) is 19.7. The number of nitrogens with zero attached hydrogens (tertiary/aromatic N) is 1. The van der Waals surface area contributed by atoms with Crippen LogP contribution in [-0.4, -0.2) is 28.1 Å². The van der Waals surface area contributed by atoms with E-state index in [1.54, 1.807) is 6.07 Å². The first-order valence-electron chi connectivity index (χ1n) is 9.45. The van der Waals surface area contributed by atoms with E-state index in [2.05, 4.69) is 15.6 Å². The van der Waals surface area contributed by atoms with Gasteiger partial charge >= 0.3 is 12.4 Å². The molecule has 31 heavy (non-hydrogen) atoms. The van der Waals surface area contributed by atoms with E-state index in [9.17, 15) is 36.2 Å². The van der Waals surface area contributed by atoms with E-state index in [0.29, 0.717) is 37.8 Å². The number of aromatic nitrogens is 1. The largest absolute Gasteiger partial charge is 0.508 e. The third kappa shape index (κ3) is 6.02. The van der Waals surface area contributed by atoms with Crippen molar-refractivity contribution in [1.82, 2.24) is 10.3 Å². The molecule has 2 aromatic rings. The molecule has 1 aromatic heterocycles. The van der Waals surface area contributed by atoms with Crippen molar-refractivity contribution in [2.24, 2.45) is 0 Å². The van der Waals surface area contributed by atoms with Crippen molar-refractivity contribution in [3.05, 3.63) is 53.3 Å². The number of anilines is 1. The Balaban J connectivity index is 1.62. The topological polar surface area (TPSA) is 74.2 Å². The SMILES string of the molecule is O=C(NC1CCC(Nc2cc(C(F)(F)F)nc(C(F)(F)F)c2)CC1)c1cccc(O)c1. The zero-order valence-corrected chi connectivity index (χ0v) is 16.0. The highest BCUT2D eigenvalue weighted by atomic mass is 19.4. The number of aromatic hydroxyl groups is 1. The van der Waals surface area contributed by atoms with Crippen LogP contribution in [0, 0.1) is 0 Å². The van der Waals surface area contributed by atoms with Crippen LogP contribution in [0.3, 0.4) is 0 Å². The molecule has 168 valence electrons. The summed E-state index contributed by atoms with van der Waals surface area (Å²) in [5.41, 5.74) is -3.24. The van der Waals surface area contributed by atoms with Crippen LogP contribution < -0.4 is 10.6 Å². The van der Waals surface area contributed by atoms with Gasteiger partial charge in [0.15, 0.2) is 0 Å². The summed E-state index contributed by atoms with van der Waals surface area (Å²) in [5, 5.41) is 15.0. The Labute approximate surface area is 173 Å². The van der Waals surface area contributed by atoms with Crippen molar-refractivity contribution >= 4 is 11.6 Å². The Morgan fingerprint density at radius 3 is 1.97 bits per heavy atom. The summed E-state index contributed by atoms with van der Waals surface area (Å²) in [7, 11) is 0. The number of carbonyl (C=O) groups is 1. The highest BCUT2D eigenvalue weighted by molar-refractivity contribution is 5.94. The monoisotopic (exact) mass is 447 g/mol. The molecule has 1 aromatic carbocycles. The number of benzene rings is 1. The maximum atomic E-state index is 12.9. The number of alkyl halides is 6. The molecule has 0 radical (unpaired) electrons. The minimum atomic E-state index is -5.01. The van der Waals surface area contributed by atoms with Crippen LogP contribution in [-0.2, 0) is 12.4 Å². The van der Waals surface area contributed by atoms with E-state index < -0.39 is 23.7 Å². The fourth-order valence-electron chi connectivity index (χ4n) is 3.44. The minimum Gasteiger partial charge on any atom is -0.508 e. The lowest BCUT2D eigenvalue weighted by atomic mass is 9.90. The Hall–Kier alpha value is -2.98. The first-order chi connectivity index (χ1) is 14.4. The average molecular weight is 447 g/mol. The van der Waals surface area contributed by atoms with E-state index in [1.165, 1.54) is 18.2 Å². The summed E-state index contributed by atoms with van der Waals surface area (Å²) >= 11 is 0. The second kappa shape index (κ2) is 8.64. The van der Waals surface area contributed by atoms with E-state index in [4.69, 9.17) is 0 Å². The molecule has 1 fully saturated rings. The maximum Gasteiger partial charge on any atom is 0.433 e. The van der Waals surface area contributed by atoms with Crippen molar-refractivity contribution < 1.29 is 36.2 Å². The number of rotatable bonds is 4.